The van der Waals surface area contributed by atoms with Crippen LogP contribution in [0.5, 0.6) is 0 Å². The number of hydrogen-bond acceptors (Lipinski definition) is 12. The van der Waals surface area contributed by atoms with Crippen LogP contribution in [0.2, 0.25) is 0 Å². The Hall–Kier alpha value is -3.33. The molecule has 0 unspecified atom stereocenters. The van der Waals surface area contributed by atoms with E-state index in [0.717, 1.165) is 31.3 Å². The van der Waals surface area contributed by atoms with Gasteiger partial charge in [-0.1, -0.05) is 92.3 Å². The lowest BCUT2D eigenvalue weighted by Crippen LogP contribution is -2.61. The molecular weight excluding hydrogens is 867 g/mol. The third-order valence-electron chi connectivity index (χ3n) is 15.1. The predicted octanol–water partition coefficient (Wildman–Crippen LogP) is 8.73. The molecule has 14 atom stereocenters. The number of ether oxygens (including phenoxy) is 5. The van der Waals surface area contributed by atoms with Gasteiger partial charge < -0.3 is 38.8 Å². The minimum absolute atomic E-state index is 0.00696. The van der Waals surface area contributed by atoms with Crippen molar-refractivity contribution in [2.75, 3.05) is 27.9 Å². The van der Waals surface area contributed by atoms with Crippen LogP contribution in [0, 0.1) is 47.3 Å². The Morgan fingerprint density at radius 3 is 2.18 bits per heavy atom. The molecular formula is C55H89NO12. The number of carbonyl (C=O) groups is 5. The maximum Gasteiger partial charge on any atom is 0.329 e. The largest absolute Gasteiger partial charge is 0.460 e. The smallest absolute Gasteiger partial charge is 0.329 e. The average Bonchev–Trinajstić information content (AvgIpc) is 3.30. The lowest BCUT2D eigenvalue weighted by molar-refractivity contribution is -0.265. The molecule has 2 saturated heterocycles. The zero-order valence-corrected chi connectivity index (χ0v) is 43.9. The van der Waals surface area contributed by atoms with Gasteiger partial charge in [-0.25, -0.2) is 4.79 Å². The van der Waals surface area contributed by atoms with Crippen molar-refractivity contribution in [3.05, 3.63) is 48.1 Å². The standard InChI is InChI=1S/C55H89NO12/c1-33(2)43-26-24-41(30-48(43)65-13)29-38(9)47(32-45(57)34(3)4)67-54(62)44-22-18-19-27-56(44)53(61)52(60)55(63)40(11)23-25-42(68-55)31-46(64-12)37(8)21-17-15-16-20-36(7)28-39(10)50(59)51(66-14)49(58)35(5)6/h15-17,20-21,33-34,36,38-44,46-49,51,58,63H,5,18-19,22-32H2,1-4,6-14H3/b17-15+,20-16+,37-21+/t36-,38-,39-,40-,41+,42+,43+,44+,46+,47+,48-,49-,51-,55-/m1/s1. The van der Waals surface area contributed by atoms with Crippen LogP contribution in [0.3, 0.4) is 0 Å². The van der Waals surface area contributed by atoms with E-state index in [9.17, 15) is 34.2 Å². The number of aliphatic hydroxyl groups is 2. The summed E-state index contributed by atoms with van der Waals surface area (Å²) in [6.45, 7) is 23.2. The molecule has 13 nitrogen and oxygen atoms in total. The van der Waals surface area contributed by atoms with Gasteiger partial charge in [-0.2, -0.15) is 0 Å². The molecule has 0 radical (unpaired) electrons. The quantitative estimate of drug-likeness (QED) is 0.0366. The molecule has 3 rings (SSSR count). The molecule has 1 saturated carbocycles. The molecule has 2 N–H and O–H groups in total. The first-order valence-corrected chi connectivity index (χ1v) is 25.5. The third kappa shape index (κ3) is 16.4. The van der Waals surface area contributed by atoms with E-state index in [1.165, 1.54) is 12.0 Å². The minimum Gasteiger partial charge on any atom is -0.460 e. The number of aliphatic hydroxyl groups excluding tert-OH is 1. The van der Waals surface area contributed by atoms with Crippen LogP contribution < -0.4 is 0 Å². The van der Waals surface area contributed by atoms with Crippen molar-refractivity contribution in [3.8, 4) is 0 Å². The molecule has 13 heteroatoms. The molecule has 0 spiro atoms. The number of esters is 1. The summed E-state index contributed by atoms with van der Waals surface area (Å²) in [4.78, 5) is 69.9. The highest BCUT2D eigenvalue weighted by atomic mass is 16.6. The van der Waals surface area contributed by atoms with Gasteiger partial charge in [0.25, 0.3) is 11.7 Å². The van der Waals surface area contributed by atoms with Gasteiger partial charge in [-0.3, -0.25) is 19.2 Å². The summed E-state index contributed by atoms with van der Waals surface area (Å²) in [7, 11) is 4.76. The number of hydrogen-bond donors (Lipinski definition) is 2. The summed E-state index contributed by atoms with van der Waals surface area (Å²) in [5.74, 6) is -5.26. The number of allylic oxidation sites excluding steroid dienone is 5. The van der Waals surface area contributed by atoms with Crippen LogP contribution in [-0.4, -0.2) is 121 Å². The van der Waals surface area contributed by atoms with Gasteiger partial charge in [0.2, 0.25) is 5.79 Å². The second-order valence-corrected chi connectivity index (χ2v) is 21.2. The Balaban J connectivity index is 1.67. The minimum atomic E-state index is -2.41. The van der Waals surface area contributed by atoms with Crippen LogP contribution in [0.25, 0.3) is 0 Å². The Morgan fingerprint density at radius 1 is 0.882 bits per heavy atom. The lowest BCUT2D eigenvalue weighted by Gasteiger charge is -2.42. The molecule has 2 aliphatic heterocycles. The summed E-state index contributed by atoms with van der Waals surface area (Å²) in [5.41, 5.74) is 1.36. The fourth-order valence-corrected chi connectivity index (χ4v) is 10.4. The van der Waals surface area contributed by atoms with E-state index < -0.39 is 65.9 Å². The van der Waals surface area contributed by atoms with Crippen LogP contribution >= 0.6 is 0 Å². The van der Waals surface area contributed by atoms with Gasteiger partial charge >= 0.3 is 5.97 Å². The lowest BCUT2D eigenvalue weighted by atomic mass is 9.72. The van der Waals surface area contributed by atoms with Crippen molar-refractivity contribution in [2.24, 2.45) is 47.3 Å². The average molecular weight is 956 g/mol. The molecule has 1 amide bonds. The molecule has 1 aliphatic carbocycles. The van der Waals surface area contributed by atoms with Gasteiger partial charge in [0.15, 0.2) is 5.78 Å². The first-order chi connectivity index (χ1) is 32.0. The van der Waals surface area contributed by atoms with E-state index in [4.69, 9.17) is 23.7 Å². The number of methoxy groups -OCH3 is 3. The van der Waals surface area contributed by atoms with Gasteiger partial charge in [-0.15, -0.1) is 0 Å². The molecule has 0 aromatic rings. The maximum absolute atomic E-state index is 14.2. The second-order valence-electron chi connectivity index (χ2n) is 21.2. The Bertz CT molecular complexity index is 1770. The topological polar surface area (TPSA) is 175 Å². The van der Waals surface area contributed by atoms with Crippen LogP contribution in [0.4, 0.5) is 0 Å². The highest BCUT2D eigenvalue weighted by Gasteiger charge is 2.53. The van der Waals surface area contributed by atoms with Crippen molar-refractivity contribution in [3.63, 3.8) is 0 Å². The summed E-state index contributed by atoms with van der Waals surface area (Å²) in [6, 6.07) is -1.04. The maximum atomic E-state index is 14.2. The van der Waals surface area contributed by atoms with Gasteiger partial charge in [0, 0.05) is 58.5 Å². The van der Waals surface area contributed by atoms with Gasteiger partial charge in [-0.05, 0) is 119 Å². The Kier molecular flexibility index (Phi) is 24.2. The summed E-state index contributed by atoms with van der Waals surface area (Å²) in [6.07, 6.45) is 13.2. The predicted molar refractivity (Wildman–Crippen MR) is 264 cm³/mol. The Morgan fingerprint density at radius 2 is 1.57 bits per heavy atom. The number of rotatable bonds is 26. The molecule has 68 heavy (non-hydrogen) atoms. The monoisotopic (exact) mass is 956 g/mol. The number of carbonyl (C=O) groups excluding carboxylic acids is 5. The molecule has 386 valence electrons. The van der Waals surface area contributed by atoms with Crippen LogP contribution in [0.1, 0.15) is 146 Å². The van der Waals surface area contributed by atoms with Crippen molar-refractivity contribution in [2.45, 2.75) is 195 Å². The molecule has 2 heterocycles. The van der Waals surface area contributed by atoms with Gasteiger partial charge in [0.05, 0.1) is 18.3 Å². The summed E-state index contributed by atoms with van der Waals surface area (Å²) < 4.78 is 29.5. The summed E-state index contributed by atoms with van der Waals surface area (Å²) >= 11 is 0. The third-order valence-corrected chi connectivity index (χ3v) is 15.1. The number of amides is 1. The highest BCUT2D eigenvalue weighted by Crippen LogP contribution is 2.40. The van der Waals surface area contributed by atoms with Crippen molar-refractivity contribution in [1.29, 1.82) is 0 Å². The number of nitrogens with zero attached hydrogens (tertiary/aromatic N) is 1. The SMILES string of the molecule is C=C(C)[C@@H](O)[C@@H](OC)C(=O)[C@H](C)C[C@H](C)/C=C/C=C/C=C(\C)[C@H](C[C@@H]1CC[C@@H](C)[C@](O)(C(=O)C(=O)N2CCCC[C@H]2C(=O)O[C@@H](CC(=O)C(C)C)[C@H](C)C[C@@H]2CC[C@@H](C(C)C)[C@H](OC)C2)O1)OC. The molecule has 0 aromatic heterocycles. The van der Waals surface area contributed by atoms with E-state index >= 15 is 0 Å². The van der Waals surface area contributed by atoms with E-state index in [1.54, 1.807) is 28.1 Å². The van der Waals surface area contributed by atoms with Gasteiger partial charge in [0.1, 0.15) is 30.1 Å². The number of ketones is 3. The Labute approximate surface area is 408 Å². The van der Waals surface area contributed by atoms with E-state index in [0.29, 0.717) is 68.3 Å². The number of piperidine rings is 1. The molecule has 3 fully saturated rings. The van der Waals surface area contributed by atoms with E-state index in [2.05, 4.69) is 20.4 Å². The number of likely N-dealkylation sites (tertiary alicyclic amines) is 1. The van der Waals surface area contributed by atoms with E-state index in [-0.39, 0.29) is 54.3 Å². The molecule has 0 bridgehead atoms. The van der Waals surface area contributed by atoms with Crippen molar-refractivity contribution in [1.82, 2.24) is 4.90 Å². The zero-order valence-electron chi connectivity index (χ0n) is 43.9. The number of Topliss-reactive ketones (excluding diaryl/α,β-unsaturated/α-hetero) is 3. The molecule has 0 aromatic carbocycles. The fraction of sp³-hybridized carbons (Fsp3) is 0.764. The molecule has 3 aliphatic rings. The summed E-state index contributed by atoms with van der Waals surface area (Å²) in [5, 5.41) is 22.3. The first-order valence-electron chi connectivity index (χ1n) is 25.5. The first kappa shape index (κ1) is 59.0. The zero-order chi connectivity index (χ0) is 51.0. The van der Waals surface area contributed by atoms with E-state index in [1.807, 2.05) is 71.9 Å². The fourth-order valence-electron chi connectivity index (χ4n) is 10.4. The second kappa shape index (κ2) is 27.9. The van der Waals surface area contributed by atoms with Crippen LogP contribution in [-0.2, 0) is 47.7 Å². The van der Waals surface area contributed by atoms with Crippen molar-refractivity contribution < 1.29 is 57.9 Å². The van der Waals surface area contributed by atoms with Crippen molar-refractivity contribution >= 4 is 29.2 Å². The van der Waals surface area contributed by atoms with Crippen LogP contribution in [0.15, 0.2) is 48.1 Å². The normalized spacial score (nSPS) is 28.2. The highest BCUT2D eigenvalue weighted by molar-refractivity contribution is 6.39.